The fourth-order valence-electron chi connectivity index (χ4n) is 1.82. The Hall–Kier alpha value is -2.38. The van der Waals surface area contributed by atoms with Gasteiger partial charge in [-0.2, -0.15) is 0 Å². The summed E-state index contributed by atoms with van der Waals surface area (Å²) in [7, 11) is -2.34. The summed E-state index contributed by atoms with van der Waals surface area (Å²) >= 11 is 5.86. The highest BCUT2D eigenvalue weighted by molar-refractivity contribution is 7.95. The molecule has 6 nitrogen and oxygen atoms in total. The van der Waals surface area contributed by atoms with Crippen LogP contribution in [0.25, 0.3) is 6.08 Å². The first-order valence-corrected chi connectivity index (χ1v) is 8.35. The maximum Gasteiger partial charge on any atom is 0.270 e. The number of nitro groups is 1. The summed E-state index contributed by atoms with van der Waals surface area (Å²) in [6.45, 7) is 0. The highest BCUT2D eigenvalue weighted by atomic mass is 35.5. The molecule has 0 bridgehead atoms. The lowest BCUT2D eigenvalue weighted by Gasteiger charge is -2.17. The molecular weight excluding hydrogens is 340 g/mol. The van der Waals surface area contributed by atoms with Gasteiger partial charge in [-0.3, -0.25) is 14.4 Å². The molecule has 0 atom stereocenters. The monoisotopic (exact) mass is 352 g/mol. The second-order valence-corrected chi connectivity index (χ2v) is 6.93. The summed E-state index contributed by atoms with van der Waals surface area (Å²) in [5.74, 6) is 0. The molecule has 23 heavy (non-hydrogen) atoms. The molecule has 0 aliphatic rings. The maximum absolute atomic E-state index is 12.3. The number of hydrogen-bond acceptors (Lipinski definition) is 4. The van der Waals surface area contributed by atoms with Gasteiger partial charge in [0.25, 0.3) is 15.7 Å². The molecule has 0 amide bonds. The van der Waals surface area contributed by atoms with Gasteiger partial charge in [0.15, 0.2) is 0 Å². The standard InChI is InChI=1S/C15H13ClN2O4S/c1-17(14-6-3-5-13(16)11-14)23(21,22)9-8-12-4-2-7-15(10-12)18(19)20/h2-11H,1H3/b9-8+. The first kappa shape index (κ1) is 17.0. The molecular formula is C15H13ClN2O4S. The van der Waals surface area contributed by atoms with Crippen LogP contribution in [-0.2, 0) is 10.0 Å². The number of rotatable bonds is 5. The van der Waals surface area contributed by atoms with Gasteiger partial charge in [-0.25, -0.2) is 8.42 Å². The van der Waals surface area contributed by atoms with Crippen molar-refractivity contribution in [3.63, 3.8) is 0 Å². The minimum absolute atomic E-state index is 0.104. The second kappa shape index (κ2) is 6.80. The quantitative estimate of drug-likeness (QED) is 0.607. The molecule has 0 radical (unpaired) electrons. The van der Waals surface area contributed by atoms with Crippen LogP contribution in [0.3, 0.4) is 0 Å². The van der Waals surface area contributed by atoms with Crippen molar-refractivity contribution >= 4 is 39.1 Å². The molecule has 0 aliphatic carbocycles. The number of nitro benzene ring substituents is 1. The van der Waals surface area contributed by atoms with Crippen LogP contribution in [0.4, 0.5) is 11.4 Å². The molecule has 2 aromatic rings. The maximum atomic E-state index is 12.3. The molecule has 0 aromatic heterocycles. The molecule has 120 valence electrons. The SMILES string of the molecule is CN(c1cccc(Cl)c1)S(=O)(=O)/C=C/c1cccc([N+](=O)[O-])c1. The number of sulfonamides is 1. The summed E-state index contributed by atoms with van der Waals surface area (Å²) in [5, 5.41) is 12.1. The molecule has 0 fully saturated rings. The predicted molar refractivity (Wildman–Crippen MR) is 90.9 cm³/mol. The van der Waals surface area contributed by atoms with Crippen molar-refractivity contribution < 1.29 is 13.3 Å². The largest absolute Gasteiger partial charge is 0.270 e. The van der Waals surface area contributed by atoms with E-state index < -0.39 is 14.9 Å². The van der Waals surface area contributed by atoms with E-state index >= 15 is 0 Å². The van der Waals surface area contributed by atoms with E-state index in [0.29, 0.717) is 16.3 Å². The highest BCUT2D eigenvalue weighted by Gasteiger charge is 2.15. The smallest absolute Gasteiger partial charge is 0.270 e. The van der Waals surface area contributed by atoms with Crippen molar-refractivity contribution in [2.75, 3.05) is 11.4 Å². The number of anilines is 1. The number of nitrogens with zero attached hydrogens (tertiary/aromatic N) is 2. The Morgan fingerprint density at radius 1 is 1.17 bits per heavy atom. The summed E-state index contributed by atoms with van der Waals surface area (Å²) in [4.78, 5) is 10.2. The molecule has 0 saturated heterocycles. The lowest BCUT2D eigenvalue weighted by Crippen LogP contribution is -2.24. The molecule has 0 aliphatic heterocycles. The minimum Gasteiger partial charge on any atom is -0.270 e. The van der Waals surface area contributed by atoms with Gasteiger partial charge in [0, 0.05) is 24.2 Å². The molecule has 2 aromatic carbocycles. The molecule has 0 unspecified atom stereocenters. The minimum atomic E-state index is -3.74. The Morgan fingerprint density at radius 3 is 2.52 bits per heavy atom. The fraction of sp³-hybridized carbons (Fsp3) is 0.0667. The van der Waals surface area contributed by atoms with E-state index in [4.69, 9.17) is 11.6 Å². The van der Waals surface area contributed by atoms with Crippen molar-refractivity contribution in [2.24, 2.45) is 0 Å². The highest BCUT2D eigenvalue weighted by Crippen LogP contribution is 2.22. The third-order valence-electron chi connectivity index (χ3n) is 3.07. The lowest BCUT2D eigenvalue weighted by atomic mass is 10.2. The first-order chi connectivity index (χ1) is 10.8. The van der Waals surface area contributed by atoms with Crippen LogP contribution in [0, 0.1) is 10.1 Å². The average molecular weight is 353 g/mol. The topological polar surface area (TPSA) is 80.5 Å². The van der Waals surface area contributed by atoms with Gasteiger partial charge >= 0.3 is 0 Å². The zero-order valence-corrected chi connectivity index (χ0v) is 13.7. The van der Waals surface area contributed by atoms with Crippen molar-refractivity contribution in [3.05, 3.63) is 74.6 Å². The van der Waals surface area contributed by atoms with Gasteiger partial charge in [0.1, 0.15) is 0 Å². The van der Waals surface area contributed by atoms with Crippen LogP contribution in [0.5, 0.6) is 0 Å². The van der Waals surface area contributed by atoms with Gasteiger partial charge in [0.2, 0.25) is 0 Å². The van der Waals surface area contributed by atoms with E-state index in [1.54, 1.807) is 24.3 Å². The average Bonchev–Trinajstić information content (AvgIpc) is 2.52. The summed E-state index contributed by atoms with van der Waals surface area (Å²) < 4.78 is 25.7. The number of non-ortho nitro benzene ring substituents is 1. The normalized spacial score (nSPS) is 11.6. The number of benzene rings is 2. The number of hydrogen-bond donors (Lipinski definition) is 0. The Balaban J connectivity index is 2.27. The first-order valence-electron chi connectivity index (χ1n) is 6.46. The Bertz CT molecular complexity index is 865. The summed E-state index contributed by atoms with van der Waals surface area (Å²) in [5.41, 5.74) is 0.733. The molecule has 0 heterocycles. The van der Waals surface area contributed by atoms with E-state index in [0.717, 1.165) is 9.71 Å². The van der Waals surface area contributed by atoms with Crippen molar-refractivity contribution in [1.29, 1.82) is 0 Å². The molecule has 2 rings (SSSR count). The summed E-state index contributed by atoms with van der Waals surface area (Å²) in [6, 6.07) is 12.1. The van der Waals surface area contributed by atoms with Gasteiger partial charge < -0.3 is 0 Å². The van der Waals surface area contributed by atoms with Gasteiger partial charge in [-0.1, -0.05) is 29.8 Å². The zero-order chi connectivity index (χ0) is 17.0. The summed E-state index contributed by atoms with van der Waals surface area (Å²) in [6.07, 6.45) is 1.31. The van der Waals surface area contributed by atoms with E-state index in [-0.39, 0.29) is 5.69 Å². The van der Waals surface area contributed by atoms with Crippen molar-refractivity contribution in [3.8, 4) is 0 Å². The Morgan fingerprint density at radius 2 is 1.87 bits per heavy atom. The van der Waals surface area contributed by atoms with E-state index in [1.165, 1.54) is 37.4 Å². The molecule has 0 N–H and O–H groups in total. The van der Waals surface area contributed by atoms with Crippen LogP contribution in [0.15, 0.2) is 53.9 Å². The van der Waals surface area contributed by atoms with Gasteiger partial charge in [-0.15, -0.1) is 0 Å². The van der Waals surface area contributed by atoms with Crippen LogP contribution in [0.2, 0.25) is 5.02 Å². The second-order valence-electron chi connectivity index (χ2n) is 4.65. The molecule has 0 saturated carbocycles. The van der Waals surface area contributed by atoms with Gasteiger partial charge in [-0.05, 0) is 29.8 Å². The molecule has 0 spiro atoms. The molecule has 8 heteroatoms. The zero-order valence-electron chi connectivity index (χ0n) is 12.1. The Labute approximate surface area is 138 Å². The van der Waals surface area contributed by atoms with Gasteiger partial charge in [0.05, 0.1) is 16.0 Å². The Kier molecular flexibility index (Phi) is 5.02. The third-order valence-corrected chi connectivity index (χ3v) is 4.76. The van der Waals surface area contributed by atoms with Crippen LogP contribution in [-0.4, -0.2) is 20.4 Å². The lowest BCUT2D eigenvalue weighted by molar-refractivity contribution is -0.384. The van der Waals surface area contributed by atoms with Crippen LogP contribution >= 0.6 is 11.6 Å². The van der Waals surface area contributed by atoms with E-state index in [1.807, 2.05) is 0 Å². The fourth-order valence-corrected chi connectivity index (χ4v) is 2.92. The van der Waals surface area contributed by atoms with Crippen molar-refractivity contribution in [2.45, 2.75) is 0 Å². The van der Waals surface area contributed by atoms with E-state index in [9.17, 15) is 18.5 Å². The van der Waals surface area contributed by atoms with E-state index in [2.05, 4.69) is 0 Å². The predicted octanol–water partition coefficient (Wildman–Crippen LogP) is 3.69. The van der Waals surface area contributed by atoms with Crippen molar-refractivity contribution in [1.82, 2.24) is 0 Å². The third kappa shape index (κ3) is 4.30. The van der Waals surface area contributed by atoms with Crippen LogP contribution in [0.1, 0.15) is 5.56 Å². The number of halogens is 1. The van der Waals surface area contributed by atoms with Crippen LogP contribution < -0.4 is 4.31 Å².